The number of nitrogens with one attached hydrogen (secondary N) is 2. The molecule has 0 unspecified atom stereocenters. The summed E-state index contributed by atoms with van der Waals surface area (Å²) in [6.45, 7) is 4.08. The Morgan fingerprint density at radius 2 is 1.70 bits per heavy atom. The molecule has 2 aromatic carbocycles. The number of amides is 1. The van der Waals surface area contributed by atoms with Crippen molar-refractivity contribution in [3.63, 3.8) is 0 Å². The van der Waals surface area contributed by atoms with Gasteiger partial charge in [-0.3, -0.25) is 4.79 Å². The molecule has 5 heteroatoms. The lowest BCUT2D eigenvalue weighted by atomic mass is 10.1. The van der Waals surface area contributed by atoms with Crippen molar-refractivity contribution in [3.8, 4) is 0 Å². The van der Waals surface area contributed by atoms with Crippen LogP contribution in [0, 0.1) is 13.8 Å². The number of hydrogen-bond acceptors (Lipinski definition) is 4. The third-order valence-electron chi connectivity index (χ3n) is 3.24. The van der Waals surface area contributed by atoms with Crippen LogP contribution in [0.25, 0.3) is 0 Å². The van der Waals surface area contributed by atoms with Gasteiger partial charge in [-0.25, -0.2) is 4.79 Å². The van der Waals surface area contributed by atoms with Gasteiger partial charge in [0.15, 0.2) is 0 Å². The van der Waals surface area contributed by atoms with E-state index in [9.17, 15) is 9.59 Å². The average molecular weight is 312 g/mol. The first kappa shape index (κ1) is 16.5. The molecule has 0 atom stereocenters. The van der Waals surface area contributed by atoms with Crippen molar-refractivity contribution in [3.05, 3.63) is 59.2 Å². The minimum atomic E-state index is -0.409. The van der Waals surface area contributed by atoms with Gasteiger partial charge < -0.3 is 15.4 Å². The van der Waals surface area contributed by atoms with Crippen LogP contribution in [0.2, 0.25) is 0 Å². The second-order valence-electron chi connectivity index (χ2n) is 5.35. The predicted molar refractivity (Wildman–Crippen MR) is 90.8 cm³/mol. The molecule has 0 fully saturated rings. The molecule has 0 aliphatic carbocycles. The minimum absolute atomic E-state index is 0.109. The molecule has 2 rings (SSSR count). The molecule has 2 N–H and O–H groups in total. The molecule has 1 amide bonds. The van der Waals surface area contributed by atoms with Crippen LogP contribution in [0.1, 0.15) is 21.5 Å². The molecule has 0 bridgehead atoms. The van der Waals surface area contributed by atoms with E-state index < -0.39 is 5.97 Å². The Labute approximate surface area is 135 Å². The Kier molecular flexibility index (Phi) is 5.36. The number of carbonyl (C=O) groups excluding carboxylic acids is 2. The molecule has 2 aromatic rings. The van der Waals surface area contributed by atoms with E-state index in [4.69, 9.17) is 0 Å². The Hall–Kier alpha value is -2.82. The van der Waals surface area contributed by atoms with Gasteiger partial charge in [0.25, 0.3) is 0 Å². The molecule has 0 heterocycles. The molecule has 0 aromatic heterocycles. The van der Waals surface area contributed by atoms with Gasteiger partial charge in [0.05, 0.1) is 19.2 Å². The van der Waals surface area contributed by atoms with E-state index >= 15 is 0 Å². The summed E-state index contributed by atoms with van der Waals surface area (Å²) in [5.41, 5.74) is 4.09. The van der Waals surface area contributed by atoms with Gasteiger partial charge in [-0.15, -0.1) is 0 Å². The first-order valence-electron chi connectivity index (χ1n) is 7.28. The number of rotatable bonds is 5. The lowest BCUT2D eigenvalue weighted by Crippen LogP contribution is -2.22. The summed E-state index contributed by atoms with van der Waals surface area (Å²) in [6, 6.07) is 12.7. The van der Waals surface area contributed by atoms with Gasteiger partial charge in [-0.2, -0.15) is 0 Å². The maximum atomic E-state index is 12.0. The van der Waals surface area contributed by atoms with Crippen LogP contribution < -0.4 is 10.6 Å². The average Bonchev–Trinajstić information content (AvgIpc) is 2.51. The number of aryl methyl sites for hydroxylation is 2. The molecule has 0 saturated carbocycles. The van der Waals surface area contributed by atoms with Gasteiger partial charge in [-0.1, -0.05) is 12.1 Å². The zero-order valence-electron chi connectivity index (χ0n) is 13.5. The van der Waals surface area contributed by atoms with Crippen LogP contribution in [0.4, 0.5) is 11.4 Å². The number of ether oxygens (including phenoxy) is 1. The van der Waals surface area contributed by atoms with Crippen molar-refractivity contribution in [2.75, 3.05) is 24.3 Å². The van der Waals surface area contributed by atoms with Crippen LogP contribution in [0.3, 0.4) is 0 Å². The largest absolute Gasteiger partial charge is 0.465 e. The molecule has 23 heavy (non-hydrogen) atoms. The monoisotopic (exact) mass is 312 g/mol. The SMILES string of the molecule is COC(=O)c1cccc(NCC(=O)Nc2cc(C)cc(C)c2)c1. The van der Waals surface area contributed by atoms with Gasteiger partial charge >= 0.3 is 5.97 Å². The van der Waals surface area contributed by atoms with E-state index in [1.165, 1.54) is 7.11 Å². The number of carbonyl (C=O) groups is 2. The molecule has 0 aliphatic heterocycles. The lowest BCUT2D eigenvalue weighted by Gasteiger charge is -2.10. The number of hydrogen-bond donors (Lipinski definition) is 2. The highest BCUT2D eigenvalue weighted by molar-refractivity contribution is 5.94. The molecule has 0 radical (unpaired) electrons. The summed E-state index contributed by atoms with van der Waals surface area (Å²) in [4.78, 5) is 23.5. The van der Waals surface area contributed by atoms with E-state index in [1.54, 1.807) is 24.3 Å². The highest BCUT2D eigenvalue weighted by Gasteiger charge is 2.07. The smallest absolute Gasteiger partial charge is 0.337 e. The van der Waals surface area contributed by atoms with Crippen molar-refractivity contribution >= 4 is 23.3 Å². The van der Waals surface area contributed by atoms with Gasteiger partial charge in [0.2, 0.25) is 5.91 Å². The Morgan fingerprint density at radius 1 is 1.00 bits per heavy atom. The minimum Gasteiger partial charge on any atom is -0.465 e. The maximum absolute atomic E-state index is 12.0. The lowest BCUT2D eigenvalue weighted by molar-refractivity contribution is -0.114. The van der Waals surface area contributed by atoms with Crippen molar-refractivity contribution in [1.29, 1.82) is 0 Å². The number of benzene rings is 2. The maximum Gasteiger partial charge on any atom is 0.337 e. The fourth-order valence-electron chi connectivity index (χ4n) is 2.31. The molecular weight excluding hydrogens is 292 g/mol. The fourth-order valence-corrected chi connectivity index (χ4v) is 2.31. The molecule has 5 nitrogen and oxygen atoms in total. The Bertz CT molecular complexity index is 706. The topological polar surface area (TPSA) is 67.4 Å². The molecule has 0 aliphatic rings. The van der Waals surface area contributed by atoms with E-state index in [2.05, 4.69) is 15.4 Å². The summed E-state index contributed by atoms with van der Waals surface area (Å²) in [5, 5.41) is 5.84. The standard InChI is InChI=1S/C18H20N2O3/c1-12-7-13(2)9-16(8-12)20-17(21)11-19-15-6-4-5-14(10-15)18(22)23-3/h4-10,19H,11H2,1-3H3,(H,20,21). The van der Waals surface area contributed by atoms with Crippen LogP contribution in [0.5, 0.6) is 0 Å². The first-order valence-corrected chi connectivity index (χ1v) is 7.28. The number of methoxy groups -OCH3 is 1. The molecular formula is C18H20N2O3. The number of anilines is 2. The predicted octanol–water partition coefficient (Wildman–Crippen LogP) is 3.14. The Balaban J connectivity index is 1.95. The van der Waals surface area contributed by atoms with Crippen LogP contribution in [-0.4, -0.2) is 25.5 Å². The second kappa shape index (κ2) is 7.45. The zero-order chi connectivity index (χ0) is 16.8. The first-order chi connectivity index (χ1) is 11.0. The van der Waals surface area contributed by atoms with Crippen molar-refractivity contribution in [2.24, 2.45) is 0 Å². The summed E-state index contributed by atoms with van der Waals surface area (Å²) in [7, 11) is 1.33. The van der Waals surface area contributed by atoms with E-state index in [0.29, 0.717) is 11.3 Å². The number of esters is 1. The van der Waals surface area contributed by atoms with Crippen LogP contribution in [-0.2, 0) is 9.53 Å². The van der Waals surface area contributed by atoms with Crippen molar-refractivity contribution in [2.45, 2.75) is 13.8 Å². The van der Waals surface area contributed by atoms with E-state index in [-0.39, 0.29) is 12.5 Å². The molecule has 120 valence electrons. The normalized spacial score (nSPS) is 10.0. The van der Waals surface area contributed by atoms with E-state index in [1.807, 2.05) is 32.0 Å². The summed E-state index contributed by atoms with van der Waals surface area (Å²) in [6.07, 6.45) is 0. The van der Waals surface area contributed by atoms with Crippen molar-refractivity contribution < 1.29 is 14.3 Å². The third kappa shape index (κ3) is 4.85. The van der Waals surface area contributed by atoms with Crippen LogP contribution >= 0.6 is 0 Å². The molecule has 0 saturated heterocycles. The van der Waals surface area contributed by atoms with Gasteiger partial charge in [0.1, 0.15) is 0 Å². The van der Waals surface area contributed by atoms with Gasteiger partial charge in [-0.05, 0) is 55.3 Å². The van der Waals surface area contributed by atoms with Crippen LogP contribution in [0.15, 0.2) is 42.5 Å². The van der Waals surface area contributed by atoms with Gasteiger partial charge in [0, 0.05) is 11.4 Å². The second-order valence-corrected chi connectivity index (χ2v) is 5.35. The quantitative estimate of drug-likeness (QED) is 0.832. The summed E-state index contributed by atoms with van der Waals surface area (Å²) in [5.74, 6) is -0.563. The summed E-state index contributed by atoms with van der Waals surface area (Å²) >= 11 is 0. The fraction of sp³-hybridized carbons (Fsp3) is 0.222. The Morgan fingerprint density at radius 3 is 2.35 bits per heavy atom. The highest BCUT2D eigenvalue weighted by Crippen LogP contribution is 2.14. The van der Waals surface area contributed by atoms with E-state index in [0.717, 1.165) is 16.8 Å². The third-order valence-corrected chi connectivity index (χ3v) is 3.24. The zero-order valence-corrected chi connectivity index (χ0v) is 13.5. The highest BCUT2D eigenvalue weighted by atomic mass is 16.5. The van der Waals surface area contributed by atoms with Crippen molar-refractivity contribution in [1.82, 2.24) is 0 Å². The summed E-state index contributed by atoms with van der Waals surface area (Å²) < 4.78 is 4.67. The molecule has 0 spiro atoms.